The second-order valence-electron chi connectivity index (χ2n) is 11.5. The fourth-order valence-corrected chi connectivity index (χ4v) is 5.92. The van der Waals surface area contributed by atoms with Crippen molar-refractivity contribution >= 4 is 0 Å². The Morgan fingerprint density at radius 2 is 0.688 bits per heavy atom. The van der Waals surface area contributed by atoms with E-state index in [4.69, 9.17) is 0 Å². The lowest BCUT2D eigenvalue weighted by Gasteiger charge is -2.06. The molecule has 4 heterocycles. The van der Waals surface area contributed by atoms with E-state index in [1.54, 1.807) is 0 Å². The standard InChI is InChI=1S/C42H32N6/c43-29-37-7-3-5-11-41(37)47-25-17-35(18-26-47)33-13-21-45(22-14-33)31-39-9-1-2-10-40(39)32-46-23-15-34(16-24-46)36-19-27-48(28-20-36)42-12-6-4-8-38(42)30-44/h1-28H,31-32H2/q+4. The number of nitriles is 2. The number of para-hydroxylation sites is 2. The van der Waals surface area contributed by atoms with Crippen LogP contribution in [0.2, 0.25) is 0 Å². The van der Waals surface area contributed by atoms with Crippen molar-refractivity contribution < 1.29 is 18.3 Å². The summed E-state index contributed by atoms with van der Waals surface area (Å²) >= 11 is 0. The van der Waals surface area contributed by atoms with Gasteiger partial charge in [-0.25, -0.2) is 9.13 Å². The smallest absolute Gasteiger partial charge is 0.201 e. The summed E-state index contributed by atoms with van der Waals surface area (Å²) in [7, 11) is 0. The number of rotatable bonds is 8. The van der Waals surface area contributed by atoms with Gasteiger partial charge in [0.1, 0.15) is 23.3 Å². The summed E-state index contributed by atoms with van der Waals surface area (Å²) in [6.07, 6.45) is 16.5. The van der Waals surface area contributed by atoms with Gasteiger partial charge < -0.3 is 0 Å². The molecule has 0 radical (unpaired) electrons. The van der Waals surface area contributed by atoms with Gasteiger partial charge in [0.05, 0.1) is 0 Å². The maximum Gasteiger partial charge on any atom is 0.228 e. The summed E-state index contributed by atoms with van der Waals surface area (Å²) in [4.78, 5) is 0. The monoisotopic (exact) mass is 620 g/mol. The van der Waals surface area contributed by atoms with E-state index in [2.05, 4.69) is 119 Å². The van der Waals surface area contributed by atoms with Gasteiger partial charge in [-0.1, -0.05) is 48.5 Å². The Hall–Kier alpha value is -6.76. The normalized spacial score (nSPS) is 10.6. The first kappa shape index (κ1) is 29.9. The number of pyridine rings is 4. The van der Waals surface area contributed by atoms with E-state index in [1.165, 1.54) is 11.1 Å². The largest absolute Gasteiger partial charge is 0.228 e. The highest BCUT2D eigenvalue weighted by molar-refractivity contribution is 5.62. The van der Waals surface area contributed by atoms with Crippen LogP contribution in [0.4, 0.5) is 0 Å². The fourth-order valence-electron chi connectivity index (χ4n) is 5.92. The predicted octanol–water partition coefficient (Wildman–Crippen LogP) is 5.99. The lowest BCUT2D eigenvalue weighted by Crippen LogP contribution is -2.36. The van der Waals surface area contributed by atoms with Gasteiger partial charge in [-0.2, -0.15) is 19.7 Å². The molecule has 0 saturated carbocycles. The Balaban J connectivity index is 1.02. The quantitative estimate of drug-likeness (QED) is 0.196. The number of aromatic nitrogens is 4. The van der Waals surface area contributed by atoms with E-state index < -0.39 is 0 Å². The lowest BCUT2D eigenvalue weighted by molar-refractivity contribution is -0.693. The van der Waals surface area contributed by atoms with Gasteiger partial charge in [-0.15, -0.1) is 0 Å². The number of hydrogen-bond donors (Lipinski definition) is 0. The molecule has 0 aliphatic carbocycles. The highest BCUT2D eigenvalue weighted by Crippen LogP contribution is 2.19. The van der Waals surface area contributed by atoms with E-state index in [1.807, 2.05) is 82.5 Å². The third-order valence-corrected chi connectivity index (χ3v) is 8.54. The van der Waals surface area contributed by atoms with Crippen molar-refractivity contribution in [2.45, 2.75) is 13.1 Å². The average molecular weight is 621 g/mol. The van der Waals surface area contributed by atoms with Crippen molar-refractivity contribution in [1.29, 1.82) is 10.5 Å². The molecule has 0 aliphatic heterocycles. The number of benzene rings is 3. The van der Waals surface area contributed by atoms with E-state index in [0.717, 1.165) is 46.7 Å². The number of hydrogen-bond acceptors (Lipinski definition) is 2. The van der Waals surface area contributed by atoms with Gasteiger partial charge in [0.25, 0.3) is 0 Å². The second-order valence-corrected chi connectivity index (χ2v) is 11.5. The van der Waals surface area contributed by atoms with Crippen LogP contribution < -0.4 is 18.3 Å². The molecule has 4 aromatic heterocycles. The molecule has 48 heavy (non-hydrogen) atoms. The molecule has 6 nitrogen and oxygen atoms in total. The Kier molecular flexibility index (Phi) is 8.54. The molecule has 7 rings (SSSR count). The van der Waals surface area contributed by atoms with Gasteiger partial charge in [-0.05, 0) is 34.4 Å². The maximum atomic E-state index is 9.46. The zero-order chi connectivity index (χ0) is 32.7. The van der Waals surface area contributed by atoms with Crippen LogP contribution in [0.3, 0.4) is 0 Å². The van der Waals surface area contributed by atoms with Gasteiger partial charge >= 0.3 is 0 Å². The molecule has 6 heteroatoms. The first-order valence-electron chi connectivity index (χ1n) is 15.8. The Bertz CT molecular complexity index is 2110. The third-order valence-electron chi connectivity index (χ3n) is 8.54. The highest BCUT2D eigenvalue weighted by atomic mass is 15.0. The topological polar surface area (TPSA) is 63.1 Å². The Labute approximate surface area is 280 Å². The minimum absolute atomic E-state index is 0.646. The number of nitrogens with zero attached hydrogens (tertiary/aromatic N) is 6. The first-order chi connectivity index (χ1) is 23.7. The SMILES string of the molecule is N#Cc1ccccc1-[n+]1ccc(-c2cc[n+](Cc3ccccc3C[n+]3ccc(-c4cc[n+](-c5ccccc5C#N)cc4)cc3)cc2)cc1. The van der Waals surface area contributed by atoms with Crippen LogP contribution in [0.15, 0.2) is 171 Å². The summed E-state index contributed by atoms with van der Waals surface area (Å²) in [6, 6.07) is 45.3. The maximum absolute atomic E-state index is 9.46. The van der Waals surface area contributed by atoms with Gasteiger partial charge in [0.15, 0.2) is 62.7 Å². The summed E-state index contributed by atoms with van der Waals surface area (Å²) in [5.74, 6) is 0. The molecule has 0 unspecified atom stereocenters. The molecule has 0 atom stereocenters. The van der Waals surface area contributed by atoms with Gasteiger partial charge in [-0.3, -0.25) is 0 Å². The molecule has 3 aromatic carbocycles. The molecule has 0 bridgehead atoms. The molecule has 0 amide bonds. The van der Waals surface area contributed by atoms with Crippen molar-refractivity contribution in [3.63, 3.8) is 0 Å². The van der Waals surface area contributed by atoms with E-state index in [0.29, 0.717) is 11.1 Å². The molecule has 0 spiro atoms. The first-order valence-corrected chi connectivity index (χ1v) is 15.8. The fraction of sp³-hybridized carbons (Fsp3) is 0.0476. The molecule has 226 valence electrons. The summed E-state index contributed by atoms with van der Waals surface area (Å²) < 4.78 is 8.36. The van der Waals surface area contributed by atoms with Crippen LogP contribution in [0.25, 0.3) is 33.6 Å². The van der Waals surface area contributed by atoms with Crippen LogP contribution in [0.1, 0.15) is 22.3 Å². The summed E-state index contributed by atoms with van der Waals surface area (Å²) in [5.41, 5.74) is 10.1. The van der Waals surface area contributed by atoms with Crippen LogP contribution in [0, 0.1) is 22.7 Å². The van der Waals surface area contributed by atoms with E-state index >= 15 is 0 Å². The Morgan fingerprint density at radius 1 is 0.375 bits per heavy atom. The predicted molar refractivity (Wildman–Crippen MR) is 181 cm³/mol. The molecule has 0 saturated heterocycles. The molecule has 7 aromatic rings. The lowest BCUT2D eigenvalue weighted by atomic mass is 10.1. The van der Waals surface area contributed by atoms with E-state index in [9.17, 15) is 10.5 Å². The highest BCUT2D eigenvalue weighted by Gasteiger charge is 2.16. The van der Waals surface area contributed by atoms with Crippen molar-refractivity contribution in [2.24, 2.45) is 0 Å². The van der Waals surface area contributed by atoms with Crippen molar-refractivity contribution in [3.05, 3.63) is 193 Å². The van der Waals surface area contributed by atoms with E-state index in [-0.39, 0.29) is 0 Å². The Morgan fingerprint density at radius 3 is 1.04 bits per heavy atom. The molecule has 0 aliphatic rings. The zero-order valence-corrected chi connectivity index (χ0v) is 26.3. The van der Waals surface area contributed by atoms with Gasteiger partial charge in [0.2, 0.25) is 11.4 Å². The third kappa shape index (κ3) is 6.46. The minimum Gasteiger partial charge on any atom is -0.201 e. The van der Waals surface area contributed by atoms with Crippen LogP contribution in [-0.4, -0.2) is 0 Å². The minimum atomic E-state index is 0.646. The van der Waals surface area contributed by atoms with Crippen LogP contribution in [-0.2, 0) is 13.1 Å². The van der Waals surface area contributed by atoms with Crippen LogP contribution >= 0.6 is 0 Å². The zero-order valence-electron chi connectivity index (χ0n) is 26.3. The second kappa shape index (κ2) is 13.7. The molecule has 0 fully saturated rings. The average Bonchev–Trinajstić information content (AvgIpc) is 3.16. The molecular weight excluding hydrogens is 589 g/mol. The summed E-state index contributed by atoms with van der Waals surface area (Å²) in [6.45, 7) is 1.54. The van der Waals surface area contributed by atoms with Crippen molar-refractivity contribution in [1.82, 2.24) is 0 Å². The van der Waals surface area contributed by atoms with Crippen molar-refractivity contribution in [3.8, 4) is 45.8 Å². The molecular formula is C42H32N6+4. The molecule has 0 N–H and O–H groups in total. The van der Waals surface area contributed by atoms with Gasteiger partial charge in [0, 0.05) is 71.8 Å². The van der Waals surface area contributed by atoms with Crippen molar-refractivity contribution in [2.75, 3.05) is 0 Å². The summed E-state index contributed by atoms with van der Waals surface area (Å²) in [5, 5.41) is 18.9. The van der Waals surface area contributed by atoms with Crippen LogP contribution in [0.5, 0.6) is 0 Å².